The van der Waals surface area contributed by atoms with Gasteiger partial charge >= 0.3 is 0 Å². The van der Waals surface area contributed by atoms with E-state index in [-0.39, 0.29) is 36.1 Å². The normalized spacial score (nSPS) is 15.2. The van der Waals surface area contributed by atoms with E-state index in [2.05, 4.69) is 4.98 Å². The highest BCUT2D eigenvalue weighted by molar-refractivity contribution is 7.89. The number of amides is 1. The number of benzene rings is 2. The minimum atomic E-state index is -3.78. The van der Waals surface area contributed by atoms with Gasteiger partial charge < -0.3 is 19.4 Å². The largest absolute Gasteiger partial charge is 0.497 e. The van der Waals surface area contributed by atoms with E-state index in [1.165, 1.54) is 24.6 Å². The van der Waals surface area contributed by atoms with Crippen LogP contribution in [0.25, 0.3) is 10.9 Å². The van der Waals surface area contributed by atoms with Crippen molar-refractivity contribution in [3.63, 3.8) is 0 Å². The van der Waals surface area contributed by atoms with Crippen LogP contribution >= 0.6 is 0 Å². The van der Waals surface area contributed by atoms with Crippen LogP contribution < -0.4 is 9.47 Å². The molecule has 1 fully saturated rings. The Morgan fingerprint density at radius 2 is 1.77 bits per heavy atom. The minimum absolute atomic E-state index is 0.0132. The molecule has 2 aromatic carbocycles. The average molecular weight is 444 g/mol. The van der Waals surface area contributed by atoms with E-state index in [0.29, 0.717) is 18.8 Å². The van der Waals surface area contributed by atoms with Crippen molar-refractivity contribution < 1.29 is 22.7 Å². The van der Waals surface area contributed by atoms with Crippen LogP contribution in [-0.2, 0) is 21.2 Å². The lowest BCUT2D eigenvalue weighted by atomic mass is 10.1. The van der Waals surface area contributed by atoms with E-state index < -0.39 is 10.0 Å². The molecule has 0 bridgehead atoms. The maximum Gasteiger partial charge on any atom is 0.247 e. The Kier molecular flexibility index (Phi) is 5.88. The molecule has 4 rings (SSSR count). The number of fused-ring (bicyclic) bond motifs is 1. The van der Waals surface area contributed by atoms with Crippen LogP contribution in [0, 0.1) is 0 Å². The van der Waals surface area contributed by atoms with Crippen LogP contribution in [0.3, 0.4) is 0 Å². The van der Waals surface area contributed by atoms with Crippen molar-refractivity contribution >= 4 is 26.8 Å². The number of methoxy groups -OCH3 is 2. The van der Waals surface area contributed by atoms with Gasteiger partial charge in [0.2, 0.25) is 15.9 Å². The highest BCUT2D eigenvalue weighted by Gasteiger charge is 2.32. The first-order chi connectivity index (χ1) is 14.9. The standard InChI is InChI=1S/C22H25N3O5S/c1-29-17-7-8-20(30-2)21(14-17)31(27,28)25-11-9-24(10-12-25)22(26)13-16-15-23-19-6-4-3-5-18(16)19/h3-8,14-15,23H,9-13H2,1-2H3. The minimum Gasteiger partial charge on any atom is -0.497 e. The molecular weight excluding hydrogens is 418 g/mol. The topological polar surface area (TPSA) is 91.9 Å². The summed E-state index contributed by atoms with van der Waals surface area (Å²) in [4.78, 5) is 17.8. The molecule has 0 aliphatic carbocycles. The van der Waals surface area contributed by atoms with Gasteiger partial charge in [-0.3, -0.25) is 4.79 Å². The van der Waals surface area contributed by atoms with Crippen LogP contribution in [0.2, 0.25) is 0 Å². The van der Waals surface area contributed by atoms with Gasteiger partial charge in [0.05, 0.1) is 20.6 Å². The third kappa shape index (κ3) is 4.11. The predicted octanol–water partition coefficient (Wildman–Crippen LogP) is 2.26. The fourth-order valence-corrected chi connectivity index (χ4v) is 5.45. The maximum atomic E-state index is 13.2. The van der Waals surface area contributed by atoms with Crippen molar-refractivity contribution in [3.05, 3.63) is 54.2 Å². The fraction of sp³-hybridized carbons (Fsp3) is 0.318. The molecule has 0 saturated carbocycles. The predicted molar refractivity (Wildman–Crippen MR) is 117 cm³/mol. The van der Waals surface area contributed by atoms with Crippen LogP contribution in [0.1, 0.15) is 5.56 Å². The Labute approximate surface area is 181 Å². The Bertz CT molecular complexity index is 1200. The Balaban J connectivity index is 1.45. The third-order valence-corrected chi connectivity index (χ3v) is 7.52. The SMILES string of the molecule is COc1ccc(OC)c(S(=O)(=O)N2CCN(C(=O)Cc3c[nH]c4ccccc34)CC2)c1. The molecule has 31 heavy (non-hydrogen) atoms. The van der Waals surface area contributed by atoms with Gasteiger partial charge in [0.1, 0.15) is 16.4 Å². The van der Waals surface area contributed by atoms with E-state index in [0.717, 1.165) is 16.5 Å². The molecular formula is C22H25N3O5S. The molecule has 1 aromatic heterocycles. The first-order valence-corrected chi connectivity index (χ1v) is 11.4. The maximum absolute atomic E-state index is 13.2. The smallest absolute Gasteiger partial charge is 0.247 e. The Hall–Kier alpha value is -3.04. The fourth-order valence-electron chi connectivity index (χ4n) is 3.86. The first kappa shape index (κ1) is 21.2. The van der Waals surface area contributed by atoms with Crippen LogP contribution in [0.4, 0.5) is 0 Å². The lowest BCUT2D eigenvalue weighted by molar-refractivity contribution is -0.131. The van der Waals surface area contributed by atoms with Crippen molar-refractivity contribution in [1.82, 2.24) is 14.2 Å². The number of carbonyl (C=O) groups is 1. The zero-order chi connectivity index (χ0) is 22.0. The van der Waals surface area contributed by atoms with E-state index in [9.17, 15) is 13.2 Å². The van der Waals surface area contributed by atoms with Crippen molar-refractivity contribution in [2.24, 2.45) is 0 Å². The molecule has 1 saturated heterocycles. The molecule has 1 N–H and O–H groups in total. The second-order valence-electron chi connectivity index (χ2n) is 7.34. The number of H-pyrrole nitrogens is 1. The molecule has 3 aromatic rings. The van der Waals surface area contributed by atoms with Crippen molar-refractivity contribution in [2.45, 2.75) is 11.3 Å². The number of nitrogens with zero attached hydrogens (tertiary/aromatic N) is 2. The van der Waals surface area contributed by atoms with Crippen LogP contribution in [0.15, 0.2) is 53.6 Å². The summed E-state index contributed by atoms with van der Waals surface area (Å²) in [7, 11) is -0.865. The summed E-state index contributed by atoms with van der Waals surface area (Å²) in [5, 5.41) is 1.03. The summed E-state index contributed by atoms with van der Waals surface area (Å²) >= 11 is 0. The van der Waals surface area contributed by atoms with E-state index >= 15 is 0 Å². The summed E-state index contributed by atoms with van der Waals surface area (Å²) in [5.74, 6) is 0.686. The molecule has 1 amide bonds. The van der Waals surface area contributed by atoms with E-state index in [1.54, 1.807) is 17.0 Å². The number of piperazine rings is 1. The first-order valence-electron chi connectivity index (χ1n) is 9.99. The highest BCUT2D eigenvalue weighted by atomic mass is 32.2. The van der Waals surface area contributed by atoms with Gasteiger partial charge in [-0.15, -0.1) is 0 Å². The second kappa shape index (κ2) is 8.60. The number of hydrogen-bond acceptors (Lipinski definition) is 5. The van der Waals surface area contributed by atoms with Crippen molar-refractivity contribution in [3.8, 4) is 11.5 Å². The molecule has 164 valence electrons. The summed E-state index contributed by atoms with van der Waals surface area (Å²) in [5.41, 5.74) is 1.94. The van der Waals surface area contributed by atoms with Gasteiger partial charge in [-0.1, -0.05) is 18.2 Å². The van der Waals surface area contributed by atoms with E-state index in [1.807, 2.05) is 30.5 Å². The lowest BCUT2D eigenvalue weighted by Crippen LogP contribution is -2.50. The van der Waals surface area contributed by atoms with Crippen LogP contribution in [-0.4, -0.2) is 68.9 Å². The number of ether oxygens (including phenoxy) is 2. The molecule has 0 radical (unpaired) electrons. The monoisotopic (exact) mass is 443 g/mol. The molecule has 1 aliphatic heterocycles. The van der Waals surface area contributed by atoms with Gasteiger partial charge in [0.15, 0.2) is 0 Å². The number of rotatable bonds is 6. The highest BCUT2D eigenvalue weighted by Crippen LogP contribution is 2.31. The van der Waals surface area contributed by atoms with Crippen molar-refractivity contribution in [2.75, 3.05) is 40.4 Å². The number of aromatic nitrogens is 1. The lowest BCUT2D eigenvalue weighted by Gasteiger charge is -2.34. The number of carbonyl (C=O) groups excluding carboxylic acids is 1. The molecule has 0 atom stereocenters. The number of sulfonamides is 1. The number of para-hydroxylation sites is 1. The molecule has 1 aliphatic rings. The van der Waals surface area contributed by atoms with Gasteiger partial charge in [0.25, 0.3) is 0 Å². The van der Waals surface area contributed by atoms with Crippen molar-refractivity contribution in [1.29, 1.82) is 0 Å². The average Bonchev–Trinajstić information content (AvgIpc) is 3.21. The van der Waals surface area contributed by atoms with Gasteiger partial charge in [-0.25, -0.2) is 8.42 Å². The second-order valence-corrected chi connectivity index (χ2v) is 9.24. The van der Waals surface area contributed by atoms with Gasteiger partial charge in [-0.05, 0) is 23.8 Å². The molecule has 0 unspecified atom stereocenters. The number of hydrogen-bond donors (Lipinski definition) is 1. The zero-order valence-corrected chi connectivity index (χ0v) is 18.3. The van der Waals surface area contributed by atoms with Gasteiger partial charge in [-0.2, -0.15) is 4.31 Å². The Morgan fingerprint density at radius 3 is 2.48 bits per heavy atom. The summed E-state index contributed by atoms with van der Waals surface area (Å²) in [6.45, 7) is 1.13. The third-order valence-electron chi connectivity index (χ3n) is 5.60. The molecule has 9 heteroatoms. The zero-order valence-electron chi connectivity index (χ0n) is 17.5. The summed E-state index contributed by atoms with van der Waals surface area (Å²) in [6, 6.07) is 12.5. The molecule has 8 nitrogen and oxygen atoms in total. The van der Waals surface area contributed by atoms with E-state index in [4.69, 9.17) is 9.47 Å². The molecule has 0 spiro atoms. The number of nitrogens with one attached hydrogen (secondary N) is 1. The van der Waals surface area contributed by atoms with Crippen LogP contribution in [0.5, 0.6) is 11.5 Å². The number of aromatic amines is 1. The molecule has 2 heterocycles. The quantitative estimate of drug-likeness (QED) is 0.631. The Morgan fingerprint density at radius 1 is 1.03 bits per heavy atom. The van der Waals surface area contributed by atoms with Gasteiger partial charge in [0, 0.05) is 49.3 Å². The summed E-state index contributed by atoms with van der Waals surface area (Å²) in [6.07, 6.45) is 2.14. The summed E-state index contributed by atoms with van der Waals surface area (Å²) < 4.78 is 38.2.